The van der Waals surface area contributed by atoms with Gasteiger partial charge < -0.3 is 9.64 Å². The van der Waals surface area contributed by atoms with Crippen molar-refractivity contribution in [2.75, 3.05) is 19.7 Å². The van der Waals surface area contributed by atoms with E-state index in [-0.39, 0.29) is 24.5 Å². The molecule has 1 aromatic heterocycles. The maximum Gasteiger partial charge on any atom is 0.417 e. The van der Waals surface area contributed by atoms with Crippen LogP contribution in [0.25, 0.3) is 0 Å². The maximum absolute atomic E-state index is 11.9. The largest absolute Gasteiger partial charge is 0.439 e. The molecule has 0 atom stereocenters. The predicted octanol–water partition coefficient (Wildman–Crippen LogP) is 0.480. The number of carbonyl (C=O) groups excluding carboxylic acids is 3. The molecule has 2 aliphatic heterocycles. The third-order valence-electron chi connectivity index (χ3n) is 3.30. The lowest BCUT2D eigenvalue weighted by Gasteiger charge is -2.42. The minimum absolute atomic E-state index is 0.0228. The van der Waals surface area contributed by atoms with Crippen LogP contribution in [0.3, 0.4) is 0 Å². The average Bonchev–Trinajstić information content (AvgIpc) is 2.91. The van der Waals surface area contributed by atoms with E-state index in [0.717, 1.165) is 10.5 Å². The summed E-state index contributed by atoms with van der Waals surface area (Å²) in [6.07, 6.45) is -0.228. The SMILES string of the molecule is O=C(Cc1ccsc1)N1CC(N2C(=O)COC2=O)C1. The maximum atomic E-state index is 11.9. The van der Waals surface area contributed by atoms with Crippen molar-refractivity contribution in [1.82, 2.24) is 9.80 Å². The van der Waals surface area contributed by atoms with Crippen LogP contribution in [0.5, 0.6) is 0 Å². The van der Waals surface area contributed by atoms with Gasteiger partial charge in [0, 0.05) is 13.1 Å². The minimum atomic E-state index is -0.597. The normalized spacial score (nSPS) is 19.6. The van der Waals surface area contributed by atoms with E-state index in [9.17, 15) is 14.4 Å². The van der Waals surface area contributed by atoms with E-state index >= 15 is 0 Å². The molecular formula is C12H12N2O4S. The van der Waals surface area contributed by atoms with Crippen LogP contribution in [0.4, 0.5) is 4.79 Å². The number of hydrogen-bond acceptors (Lipinski definition) is 5. The Morgan fingerprint density at radius 1 is 1.42 bits per heavy atom. The number of amides is 3. The Labute approximate surface area is 113 Å². The summed E-state index contributed by atoms with van der Waals surface area (Å²) in [6, 6.07) is 1.69. The smallest absolute Gasteiger partial charge is 0.417 e. The summed E-state index contributed by atoms with van der Waals surface area (Å²) in [7, 11) is 0. The second-order valence-electron chi connectivity index (χ2n) is 4.58. The van der Waals surface area contributed by atoms with Crippen molar-refractivity contribution in [2.45, 2.75) is 12.5 Å². The van der Waals surface area contributed by atoms with Crippen LogP contribution in [0.2, 0.25) is 0 Å². The average molecular weight is 280 g/mol. The first-order valence-electron chi connectivity index (χ1n) is 5.93. The number of hydrogen-bond donors (Lipinski definition) is 0. The van der Waals surface area contributed by atoms with Gasteiger partial charge in [0.25, 0.3) is 5.91 Å². The monoisotopic (exact) mass is 280 g/mol. The first-order chi connectivity index (χ1) is 9.15. The molecule has 6 nitrogen and oxygen atoms in total. The Morgan fingerprint density at radius 3 is 2.79 bits per heavy atom. The first kappa shape index (κ1) is 12.2. The summed E-state index contributed by atoms with van der Waals surface area (Å²) in [5, 5.41) is 3.87. The standard InChI is InChI=1S/C12H12N2O4S/c15-10(3-8-1-2-19-7-8)13-4-9(5-13)14-11(16)6-18-12(14)17/h1-2,7,9H,3-6H2. The van der Waals surface area contributed by atoms with Crippen molar-refractivity contribution in [2.24, 2.45) is 0 Å². The van der Waals surface area contributed by atoms with Crippen molar-refractivity contribution in [3.8, 4) is 0 Å². The molecule has 2 aliphatic rings. The summed E-state index contributed by atoms with van der Waals surface area (Å²) in [6.45, 7) is 0.631. The van der Waals surface area contributed by atoms with E-state index in [4.69, 9.17) is 0 Å². The van der Waals surface area contributed by atoms with Crippen molar-refractivity contribution in [3.05, 3.63) is 22.4 Å². The number of carbonyl (C=O) groups is 3. The van der Waals surface area contributed by atoms with E-state index in [0.29, 0.717) is 19.5 Å². The van der Waals surface area contributed by atoms with Crippen LogP contribution in [-0.2, 0) is 20.7 Å². The highest BCUT2D eigenvalue weighted by Gasteiger charge is 2.44. The van der Waals surface area contributed by atoms with Gasteiger partial charge in [-0.05, 0) is 22.4 Å². The van der Waals surface area contributed by atoms with E-state index in [1.165, 1.54) is 0 Å². The van der Waals surface area contributed by atoms with Crippen LogP contribution in [0, 0.1) is 0 Å². The van der Waals surface area contributed by atoms with Gasteiger partial charge in [0.1, 0.15) is 0 Å². The molecule has 0 spiro atoms. The van der Waals surface area contributed by atoms with Gasteiger partial charge in [-0.2, -0.15) is 11.3 Å². The topological polar surface area (TPSA) is 66.9 Å². The van der Waals surface area contributed by atoms with E-state index in [2.05, 4.69) is 4.74 Å². The van der Waals surface area contributed by atoms with Crippen molar-refractivity contribution < 1.29 is 19.1 Å². The predicted molar refractivity (Wildman–Crippen MR) is 66.6 cm³/mol. The summed E-state index contributed by atoms with van der Waals surface area (Å²) in [4.78, 5) is 37.5. The first-order valence-corrected chi connectivity index (χ1v) is 6.87. The third-order valence-corrected chi connectivity index (χ3v) is 4.03. The Kier molecular flexibility index (Phi) is 2.98. The molecule has 7 heteroatoms. The minimum Gasteiger partial charge on any atom is -0.439 e. The number of imide groups is 1. The Morgan fingerprint density at radius 2 is 2.21 bits per heavy atom. The highest BCUT2D eigenvalue weighted by Crippen LogP contribution is 2.20. The quantitative estimate of drug-likeness (QED) is 0.807. The van der Waals surface area contributed by atoms with Gasteiger partial charge in [-0.1, -0.05) is 0 Å². The molecule has 1 aromatic rings. The van der Waals surface area contributed by atoms with E-state index < -0.39 is 6.09 Å². The van der Waals surface area contributed by atoms with Crippen molar-refractivity contribution >= 4 is 29.2 Å². The lowest BCUT2D eigenvalue weighted by atomic mass is 10.1. The second-order valence-corrected chi connectivity index (χ2v) is 5.36. The summed E-state index contributed by atoms with van der Waals surface area (Å²) < 4.78 is 4.65. The summed E-state index contributed by atoms with van der Waals surface area (Å²) >= 11 is 1.56. The highest BCUT2D eigenvalue weighted by atomic mass is 32.1. The van der Waals surface area contributed by atoms with Gasteiger partial charge in [0.05, 0.1) is 12.5 Å². The van der Waals surface area contributed by atoms with Crippen molar-refractivity contribution in [1.29, 1.82) is 0 Å². The Hall–Kier alpha value is -1.89. The molecule has 2 fully saturated rings. The molecule has 0 aromatic carbocycles. The molecule has 0 aliphatic carbocycles. The zero-order valence-electron chi connectivity index (χ0n) is 10.1. The number of nitrogens with zero attached hydrogens (tertiary/aromatic N) is 2. The zero-order chi connectivity index (χ0) is 13.4. The highest BCUT2D eigenvalue weighted by molar-refractivity contribution is 7.07. The number of likely N-dealkylation sites (tertiary alicyclic amines) is 1. The third kappa shape index (κ3) is 2.21. The van der Waals surface area contributed by atoms with Gasteiger partial charge in [-0.25, -0.2) is 9.69 Å². The van der Waals surface area contributed by atoms with Gasteiger partial charge in [0.15, 0.2) is 6.61 Å². The van der Waals surface area contributed by atoms with Crippen LogP contribution < -0.4 is 0 Å². The number of cyclic esters (lactones) is 1. The molecular weight excluding hydrogens is 268 g/mol. The van der Waals surface area contributed by atoms with Crippen molar-refractivity contribution in [3.63, 3.8) is 0 Å². The van der Waals surface area contributed by atoms with Crippen LogP contribution >= 0.6 is 11.3 Å². The van der Waals surface area contributed by atoms with Crippen LogP contribution in [0.15, 0.2) is 16.8 Å². The fourth-order valence-electron chi connectivity index (χ4n) is 2.22. The molecule has 3 amide bonds. The molecule has 3 heterocycles. The Bertz CT molecular complexity index is 506. The van der Waals surface area contributed by atoms with Gasteiger partial charge in [-0.15, -0.1) is 0 Å². The summed E-state index contributed by atoms with van der Waals surface area (Å²) in [5.41, 5.74) is 0.995. The van der Waals surface area contributed by atoms with E-state index in [1.807, 2.05) is 16.8 Å². The van der Waals surface area contributed by atoms with E-state index in [1.54, 1.807) is 16.2 Å². The number of thiophene rings is 1. The fraction of sp³-hybridized carbons (Fsp3) is 0.417. The molecule has 3 rings (SSSR count). The second kappa shape index (κ2) is 4.65. The molecule has 0 unspecified atom stereocenters. The number of rotatable bonds is 3. The van der Waals surface area contributed by atoms with Gasteiger partial charge in [0.2, 0.25) is 5.91 Å². The molecule has 19 heavy (non-hydrogen) atoms. The molecule has 0 radical (unpaired) electrons. The summed E-state index contributed by atoms with van der Waals surface area (Å²) in [5.74, 6) is -0.297. The molecule has 100 valence electrons. The van der Waals surface area contributed by atoms with Crippen LogP contribution in [-0.4, -0.2) is 53.4 Å². The zero-order valence-corrected chi connectivity index (χ0v) is 10.9. The Balaban J connectivity index is 1.54. The number of ether oxygens (including phenoxy) is 1. The molecule has 0 N–H and O–H groups in total. The molecule has 0 bridgehead atoms. The lowest BCUT2D eigenvalue weighted by Crippen LogP contribution is -2.62. The van der Waals surface area contributed by atoms with Gasteiger partial charge in [-0.3, -0.25) is 9.59 Å². The molecule has 2 saturated heterocycles. The molecule has 0 saturated carbocycles. The fourth-order valence-corrected chi connectivity index (χ4v) is 2.89. The van der Waals surface area contributed by atoms with Crippen LogP contribution in [0.1, 0.15) is 5.56 Å². The van der Waals surface area contributed by atoms with Gasteiger partial charge >= 0.3 is 6.09 Å². The lowest BCUT2D eigenvalue weighted by molar-refractivity contribution is -0.141.